The van der Waals surface area contributed by atoms with Crippen LogP contribution in [0.3, 0.4) is 0 Å². The molecule has 0 saturated heterocycles. The lowest BCUT2D eigenvalue weighted by atomic mass is 9.82. The number of aliphatic imine (C=N–C) groups is 1. The van der Waals surface area contributed by atoms with Gasteiger partial charge in [0.25, 0.3) is 0 Å². The number of hydrogen-bond donors (Lipinski definition) is 0. The maximum Gasteiger partial charge on any atom is 0.309 e. The number of alkyl halides is 2. The van der Waals surface area contributed by atoms with Crippen LogP contribution in [0.4, 0.5) is 8.78 Å². The normalized spacial score (nSPS) is 14.0. The predicted molar refractivity (Wildman–Crippen MR) is 115 cm³/mol. The van der Waals surface area contributed by atoms with Gasteiger partial charge in [0.1, 0.15) is 0 Å². The van der Waals surface area contributed by atoms with Crippen molar-refractivity contribution in [2.24, 2.45) is 10.9 Å². The summed E-state index contributed by atoms with van der Waals surface area (Å²) in [4.78, 5) is 17.0. The van der Waals surface area contributed by atoms with Crippen LogP contribution >= 0.6 is 22.6 Å². The number of rotatable bonds is 13. The fourth-order valence-electron chi connectivity index (χ4n) is 2.90. The molecule has 6 heteroatoms. The van der Waals surface area contributed by atoms with Crippen LogP contribution in [0.2, 0.25) is 0 Å². The first kappa shape index (κ1) is 24.0. The Morgan fingerprint density at radius 3 is 2.44 bits per heavy atom. The quantitative estimate of drug-likeness (QED) is 0.149. The Balaban J connectivity index is 2.99. The Hall–Kier alpha value is -1.05. The van der Waals surface area contributed by atoms with E-state index >= 15 is 0 Å². The molecule has 27 heavy (non-hydrogen) atoms. The van der Waals surface area contributed by atoms with Crippen LogP contribution in [-0.2, 0) is 9.53 Å². The summed E-state index contributed by atoms with van der Waals surface area (Å²) < 4.78 is 31.1. The third-order valence-electron chi connectivity index (χ3n) is 4.42. The first-order valence-electron chi connectivity index (χ1n) is 9.59. The summed E-state index contributed by atoms with van der Waals surface area (Å²) in [6.45, 7) is 3.64. The molecule has 0 radical (unpaired) electrons. The zero-order chi connectivity index (χ0) is 20.1. The lowest BCUT2D eigenvalue weighted by Gasteiger charge is -2.24. The number of nitrogens with zero attached hydrogens (tertiary/aromatic N) is 1. The zero-order valence-corrected chi connectivity index (χ0v) is 18.4. The van der Waals surface area contributed by atoms with Gasteiger partial charge in [-0.1, -0.05) is 32.4 Å². The van der Waals surface area contributed by atoms with Gasteiger partial charge in [-0.05, 0) is 59.5 Å². The first-order chi connectivity index (χ1) is 13.0. The van der Waals surface area contributed by atoms with E-state index in [1.54, 1.807) is 0 Å². The minimum absolute atomic E-state index is 0.0736. The molecule has 0 spiro atoms. The van der Waals surface area contributed by atoms with Gasteiger partial charge in [0.15, 0.2) is 0 Å². The molecular formula is C21H30F2INO2. The number of hydrogen-bond acceptors (Lipinski definition) is 3. The van der Waals surface area contributed by atoms with Crippen molar-refractivity contribution in [3.8, 4) is 0 Å². The Morgan fingerprint density at radius 2 is 1.85 bits per heavy atom. The molecule has 1 aromatic rings. The number of benzene rings is 1. The van der Waals surface area contributed by atoms with Crippen LogP contribution in [0, 0.1) is 9.49 Å². The molecule has 1 aromatic carbocycles. The Labute approximate surface area is 175 Å². The second kappa shape index (κ2) is 14.0. The minimum Gasteiger partial charge on any atom is -0.465 e. The Morgan fingerprint density at radius 1 is 1.19 bits per heavy atom. The second-order valence-corrected chi connectivity index (χ2v) is 7.85. The van der Waals surface area contributed by atoms with Crippen LogP contribution in [-0.4, -0.2) is 38.2 Å². The maximum atomic E-state index is 12.5. The Bertz CT molecular complexity index is 578. The SMILES string of the molecule is CCC/C(C[C@H](c1ccc(I)cc1)C(C)C(=O)OCCCF)=N\CCCF. The van der Waals surface area contributed by atoms with Crippen molar-refractivity contribution < 1.29 is 18.3 Å². The van der Waals surface area contributed by atoms with Crippen molar-refractivity contribution in [3.63, 3.8) is 0 Å². The molecule has 0 N–H and O–H groups in total. The summed E-state index contributed by atoms with van der Waals surface area (Å²) in [7, 11) is 0. The van der Waals surface area contributed by atoms with E-state index in [1.807, 2.05) is 31.2 Å². The predicted octanol–water partition coefficient (Wildman–Crippen LogP) is 5.90. The van der Waals surface area contributed by atoms with Gasteiger partial charge in [-0.25, -0.2) is 0 Å². The summed E-state index contributed by atoms with van der Waals surface area (Å²) in [5.74, 6) is -0.755. The fraction of sp³-hybridized carbons (Fsp3) is 0.619. The molecule has 0 amide bonds. The third-order valence-corrected chi connectivity index (χ3v) is 5.14. The van der Waals surface area contributed by atoms with Gasteiger partial charge in [-0.15, -0.1) is 0 Å². The fourth-order valence-corrected chi connectivity index (χ4v) is 3.26. The first-order valence-corrected chi connectivity index (χ1v) is 10.7. The molecule has 3 nitrogen and oxygen atoms in total. The van der Waals surface area contributed by atoms with Crippen molar-refractivity contribution in [1.82, 2.24) is 0 Å². The molecule has 1 rings (SSSR count). The third kappa shape index (κ3) is 9.12. The van der Waals surface area contributed by atoms with E-state index in [0.29, 0.717) is 19.4 Å². The smallest absolute Gasteiger partial charge is 0.309 e. The number of esters is 1. The van der Waals surface area contributed by atoms with Gasteiger partial charge in [0.2, 0.25) is 0 Å². The van der Waals surface area contributed by atoms with Crippen LogP contribution < -0.4 is 0 Å². The van der Waals surface area contributed by atoms with Crippen molar-refractivity contribution in [3.05, 3.63) is 33.4 Å². The topological polar surface area (TPSA) is 38.7 Å². The average Bonchev–Trinajstić information content (AvgIpc) is 2.66. The second-order valence-electron chi connectivity index (χ2n) is 6.60. The molecule has 0 bridgehead atoms. The van der Waals surface area contributed by atoms with Crippen LogP contribution in [0.5, 0.6) is 0 Å². The van der Waals surface area contributed by atoms with Gasteiger partial charge in [-0.2, -0.15) is 0 Å². The summed E-state index contributed by atoms with van der Waals surface area (Å²) in [6, 6.07) is 8.10. The number of ether oxygens (including phenoxy) is 1. The molecule has 0 aliphatic carbocycles. The van der Waals surface area contributed by atoms with Gasteiger partial charge in [-0.3, -0.25) is 18.6 Å². The van der Waals surface area contributed by atoms with Crippen molar-refractivity contribution in [1.29, 1.82) is 0 Å². The molecule has 0 fully saturated rings. The molecular weight excluding hydrogens is 463 g/mol. The van der Waals surface area contributed by atoms with E-state index in [2.05, 4.69) is 34.5 Å². The number of halogens is 3. The van der Waals surface area contributed by atoms with Crippen LogP contribution in [0.25, 0.3) is 0 Å². The molecule has 0 aliphatic heterocycles. The summed E-state index contributed by atoms with van der Waals surface area (Å²) in [6.07, 6.45) is 3.06. The van der Waals surface area contributed by atoms with E-state index in [-0.39, 0.29) is 37.5 Å². The molecule has 2 atom stereocenters. The summed E-state index contributed by atoms with van der Waals surface area (Å²) >= 11 is 2.25. The van der Waals surface area contributed by atoms with Crippen molar-refractivity contribution >= 4 is 34.3 Å². The van der Waals surface area contributed by atoms with Gasteiger partial charge >= 0.3 is 5.97 Å². The molecule has 0 heterocycles. The highest BCUT2D eigenvalue weighted by Crippen LogP contribution is 2.31. The molecule has 0 saturated carbocycles. The molecule has 1 unspecified atom stereocenters. The highest BCUT2D eigenvalue weighted by atomic mass is 127. The van der Waals surface area contributed by atoms with Crippen LogP contribution in [0.1, 0.15) is 57.4 Å². The lowest BCUT2D eigenvalue weighted by molar-refractivity contribution is -0.148. The lowest BCUT2D eigenvalue weighted by Crippen LogP contribution is -2.24. The van der Waals surface area contributed by atoms with E-state index < -0.39 is 6.67 Å². The highest BCUT2D eigenvalue weighted by Gasteiger charge is 2.28. The minimum atomic E-state index is -0.496. The van der Waals surface area contributed by atoms with E-state index in [0.717, 1.165) is 27.7 Å². The van der Waals surface area contributed by atoms with Crippen molar-refractivity contribution in [2.75, 3.05) is 26.5 Å². The van der Waals surface area contributed by atoms with E-state index in [9.17, 15) is 13.6 Å². The molecule has 152 valence electrons. The van der Waals surface area contributed by atoms with Crippen LogP contribution in [0.15, 0.2) is 29.3 Å². The van der Waals surface area contributed by atoms with E-state index in [4.69, 9.17) is 4.74 Å². The standard InChI is InChI=1S/C21H30F2INO2/c1-3-6-19(25-13-4-11-22)15-20(17-7-9-18(24)10-8-17)16(2)21(26)27-14-5-12-23/h7-10,16,20H,3-6,11-15H2,1-2H3/b25-19+/t16?,20-/m0/s1. The number of carbonyl (C=O) groups excluding carboxylic acids is 1. The van der Waals surface area contributed by atoms with E-state index in [1.165, 1.54) is 0 Å². The molecule has 0 aliphatic rings. The summed E-state index contributed by atoms with van der Waals surface area (Å²) in [5.41, 5.74) is 2.07. The van der Waals surface area contributed by atoms with Gasteiger partial charge in [0.05, 0.1) is 25.9 Å². The van der Waals surface area contributed by atoms with Gasteiger partial charge < -0.3 is 4.74 Å². The van der Waals surface area contributed by atoms with Gasteiger partial charge in [0, 0.05) is 28.2 Å². The zero-order valence-electron chi connectivity index (χ0n) is 16.2. The average molecular weight is 493 g/mol. The largest absolute Gasteiger partial charge is 0.465 e. The molecule has 0 aromatic heterocycles. The number of carbonyl (C=O) groups is 1. The monoisotopic (exact) mass is 493 g/mol. The highest BCUT2D eigenvalue weighted by molar-refractivity contribution is 14.1. The maximum absolute atomic E-state index is 12.5. The summed E-state index contributed by atoms with van der Waals surface area (Å²) in [5, 5.41) is 0. The van der Waals surface area contributed by atoms with Crippen molar-refractivity contribution in [2.45, 2.75) is 51.9 Å². The Kier molecular flexibility index (Phi) is 12.5.